The molecule has 11 heteroatoms. The second-order valence-electron chi connectivity index (χ2n) is 10.0. The minimum atomic E-state index is -3.55. The third-order valence-electron chi connectivity index (χ3n) is 7.12. The van der Waals surface area contributed by atoms with Crippen LogP contribution >= 0.6 is 11.8 Å². The lowest BCUT2D eigenvalue weighted by molar-refractivity contribution is -0.118. The van der Waals surface area contributed by atoms with E-state index in [0.717, 1.165) is 41.5 Å². The number of fused-ring (bicyclic) bond motifs is 1. The Balaban J connectivity index is 1.35. The van der Waals surface area contributed by atoms with Gasteiger partial charge in [-0.25, -0.2) is 8.42 Å². The molecule has 1 saturated heterocycles. The van der Waals surface area contributed by atoms with Crippen LogP contribution in [0.3, 0.4) is 0 Å². The average Bonchev–Trinajstić information content (AvgIpc) is 3.40. The van der Waals surface area contributed by atoms with Crippen molar-refractivity contribution < 1.29 is 18.0 Å². The minimum Gasteiger partial charge on any atom is -0.356 e. The molecule has 1 fully saturated rings. The molecule has 0 bridgehead atoms. The van der Waals surface area contributed by atoms with Gasteiger partial charge in [0.15, 0.2) is 10.9 Å². The Kier molecular flexibility index (Phi) is 9.16. The maximum Gasteiger partial charge on any atom is 0.243 e. The number of nitrogens with one attached hydrogen (secondary N) is 1. The molecule has 0 atom stereocenters. The SMILES string of the molecule is CC(=O)NCCCc1nnc(SCC(=O)c2ccc(S(=O)(=O)N3CCCCC3)cc2)n1-c1cccc2ccccc12. The molecule has 1 N–H and O–H groups in total. The van der Waals surface area contributed by atoms with Crippen molar-refractivity contribution >= 4 is 44.2 Å². The zero-order chi connectivity index (χ0) is 28.8. The quantitative estimate of drug-likeness (QED) is 0.154. The average molecular weight is 592 g/mol. The fourth-order valence-electron chi connectivity index (χ4n) is 4.99. The van der Waals surface area contributed by atoms with Crippen molar-refractivity contribution in [2.24, 2.45) is 0 Å². The molecule has 3 aromatic carbocycles. The van der Waals surface area contributed by atoms with Gasteiger partial charge in [0.25, 0.3) is 0 Å². The van der Waals surface area contributed by atoms with E-state index in [1.54, 1.807) is 12.1 Å². The van der Waals surface area contributed by atoms with Crippen LogP contribution in [0.15, 0.2) is 76.8 Å². The number of sulfonamides is 1. The highest BCUT2D eigenvalue weighted by Gasteiger charge is 2.26. The number of carbonyl (C=O) groups is 2. The van der Waals surface area contributed by atoms with Gasteiger partial charge in [-0.1, -0.05) is 66.7 Å². The third-order valence-corrected chi connectivity index (χ3v) is 9.96. The lowest BCUT2D eigenvalue weighted by atomic mass is 10.1. The molecule has 1 aromatic heterocycles. The van der Waals surface area contributed by atoms with E-state index in [9.17, 15) is 18.0 Å². The molecule has 5 rings (SSSR count). The molecule has 214 valence electrons. The van der Waals surface area contributed by atoms with E-state index in [0.29, 0.717) is 43.2 Å². The number of rotatable bonds is 11. The Labute approximate surface area is 244 Å². The van der Waals surface area contributed by atoms with Crippen LogP contribution in [-0.2, 0) is 21.2 Å². The minimum absolute atomic E-state index is 0.0765. The number of piperidine rings is 1. The van der Waals surface area contributed by atoms with Crippen molar-refractivity contribution in [2.75, 3.05) is 25.4 Å². The van der Waals surface area contributed by atoms with Crippen LogP contribution in [0.25, 0.3) is 16.5 Å². The first-order valence-electron chi connectivity index (χ1n) is 13.8. The normalized spacial score (nSPS) is 14.3. The summed E-state index contributed by atoms with van der Waals surface area (Å²) in [5.74, 6) is 0.658. The summed E-state index contributed by atoms with van der Waals surface area (Å²) in [4.78, 5) is 24.6. The first-order valence-corrected chi connectivity index (χ1v) is 16.2. The van der Waals surface area contributed by atoms with Gasteiger partial charge in [-0.2, -0.15) is 4.31 Å². The molecule has 1 aliphatic rings. The maximum atomic E-state index is 13.1. The van der Waals surface area contributed by atoms with Crippen LogP contribution in [-0.4, -0.2) is 64.6 Å². The summed E-state index contributed by atoms with van der Waals surface area (Å²) in [7, 11) is -3.55. The van der Waals surface area contributed by atoms with Crippen molar-refractivity contribution in [3.8, 4) is 5.69 Å². The van der Waals surface area contributed by atoms with Crippen LogP contribution < -0.4 is 5.32 Å². The van der Waals surface area contributed by atoms with Gasteiger partial charge >= 0.3 is 0 Å². The van der Waals surface area contributed by atoms with E-state index < -0.39 is 10.0 Å². The number of hydrogen-bond donors (Lipinski definition) is 1. The number of nitrogens with zero attached hydrogens (tertiary/aromatic N) is 4. The molecule has 41 heavy (non-hydrogen) atoms. The van der Waals surface area contributed by atoms with Crippen molar-refractivity contribution in [3.05, 3.63) is 78.1 Å². The number of benzene rings is 3. The number of aromatic nitrogens is 3. The highest BCUT2D eigenvalue weighted by atomic mass is 32.2. The lowest BCUT2D eigenvalue weighted by Crippen LogP contribution is -2.35. The Hall–Kier alpha value is -3.54. The van der Waals surface area contributed by atoms with Gasteiger partial charge in [0, 0.05) is 43.9 Å². The summed E-state index contributed by atoms with van der Waals surface area (Å²) in [5, 5.41) is 14.4. The van der Waals surface area contributed by atoms with Gasteiger partial charge in [0.2, 0.25) is 15.9 Å². The largest absolute Gasteiger partial charge is 0.356 e. The smallest absolute Gasteiger partial charge is 0.243 e. The molecule has 0 aliphatic carbocycles. The summed E-state index contributed by atoms with van der Waals surface area (Å²) >= 11 is 1.29. The molecule has 2 heterocycles. The third kappa shape index (κ3) is 6.69. The van der Waals surface area contributed by atoms with Crippen molar-refractivity contribution in [1.29, 1.82) is 0 Å². The monoisotopic (exact) mass is 591 g/mol. The number of ketones is 1. The van der Waals surface area contributed by atoms with Gasteiger partial charge in [-0.15, -0.1) is 10.2 Å². The van der Waals surface area contributed by atoms with Crippen LogP contribution in [0.4, 0.5) is 0 Å². The molecule has 0 saturated carbocycles. The maximum absolute atomic E-state index is 13.1. The number of amides is 1. The summed E-state index contributed by atoms with van der Waals surface area (Å²) in [6, 6.07) is 20.3. The molecule has 0 spiro atoms. The first-order chi connectivity index (χ1) is 19.8. The summed E-state index contributed by atoms with van der Waals surface area (Å²) in [5.41, 5.74) is 1.37. The predicted octanol–water partition coefficient (Wildman–Crippen LogP) is 4.64. The number of hydrogen-bond acceptors (Lipinski definition) is 7. The van der Waals surface area contributed by atoms with Crippen LogP contribution in [0.1, 0.15) is 48.8 Å². The fourth-order valence-corrected chi connectivity index (χ4v) is 7.37. The second-order valence-corrected chi connectivity index (χ2v) is 12.9. The first kappa shape index (κ1) is 29.0. The molecule has 0 radical (unpaired) electrons. The number of aryl methyl sites for hydroxylation is 1. The van der Waals surface area contributed by atoms with E-state index in [1.165, 1.54) is 35.1 Å². The molecule has 0 unspecified atom stereocenters. The highest BCUT2D eigenvalue weighted by molar-refractivity contribution is 7.99. The van der Waals surface area contributed by atoms with Crippen molar-refractivity contribution in [2.45, 2.75) is 49.1 Å². The number of Topliss-reactive ketones (excluding diaryl/α,β-unsaturated/α-hetero) is 1. The molecule has 4 aromatic rings. The van der Waals surface area contributed by atoms with Gasteiger partial charge in [0.1, 0.15) is 5.82 Å². The standard InChI is InChI=1S/C30H33N5O4S2/c1-22(36)31-18-8-13-29-32-33-30(35(29)27-12-7-10-23-9-3-4-11-26(23)27)40-21-28(37)24-14-16-25(17-15-24)41(38,39)34-19-5-2-6-20-34/h3-4,7,9-12,14-17H,2,5-6,8,13,18-21H2,1H3,(H,31,36). The van der Waals surface area contributed by atoms with Crippen molar-refractivity contribution in [1.82, 2.24) is 24.4 Å². The van der Waals surface area contributed by atoms with Gasteiger partial charge in [-0.05, 0) is 42.8 Å². The van der Waals surface area contributed by atoms with Crippen LogP contribution in [0.2, 0.25) is 0 Å². The second kappa shape index (κ2) is 13.0. The molecule has 1 amide bonds. The summed E-state index contributed by atoms with van der Waals surface area (Å²) < 4.78 is 29.5. The van der Waals surface area contributed by atoms with E-state index in [-0.39, 0.29) is 22.3 Å². The zero-order valence-corrected chi connectivity index (χ0v) is 24.6. The summed E-state index contributed by atoms with van der Waals surface area (Å²) in [6.07, 6.45) is 4.07. The number of thioether (sulfide) groups is 1. The van der Waals surface area contributed by atoms with E-state index in [4.69, 9.17) is 0 Å². The molecular weight excluding hydrogens is 558 g/mol. The summed E-state index contributed by atoms with van der Waals surface area (Å²) in [6.45, 7) is 3.09. The Morgan fingerprint density at radius 2 is 1.66 bits per heavy atom. The van der Waals surface area contributed by atoms with E-state index in [1.807, 2.05) is 47.0 Å². The van der Waals surface area contributed by atoms with Crippen LogP contribution in [0.5, 0.6) is 0 Å². The van der Waals surface area contributed by atoms with Gasteiger partial charge in [0.05, 0.1) is 16.3 Å². The van der Waals surface area contributed by atoms with E-state index in [2.05, 4.69) is 15.5 Å². The fraction of sp³-hybridized carbons (Fsp3) is 0.333. The van der Waals surface area contributed by atoms with E-state index >= 15 is 0 Å². The topological polar surface area (TPSA) is 114 Å². The Bertz CT molecular complexity index is 1640. The lowest BCUT2D eigenvalue weighted by Gasteiger charge is -2.25. The van der Waals surface area contributed by atoms with Crippen LogP contribution in [0, 0.1) is 0 Å². The number of carbonyl (C=O) groups excluding carboxylic acids is 2. The zero-order valence-electron chi connectivity index (χ0n) is 23.0. The predicted molar refractivity (Wildman–Crippen MR) is 160 cm³/mol. The Morgan fingerprint density at radius 1 is 0.927 bits per heavy atom. The van der Waals surface area contributed by atoms with Crippen molar-refractivity contribution in [3.63, 3.8) is 0 Å². The van der Waals surface area contributed by atoms with Gasteiger partial charge in [-0.3, -0.25) is 14.2 Å². The molecular formula is C30H33N5O4S2. The van der Waals surface area contributed by atoms with Gasteiger partial charge < -0.3 is 5.32 Å². The molecule has 9 nitrogen and oxygen atoms in total. The molecule has 1 aliphatic heterocycles. The highest BCUT2D eigenvalue weighted by Crippen LogP contribution is 2.29. The Morgan fingerprint density at radius 3 is 2.41 bits per heavy atom.